The van der Waals surface area contributed by atoms with E-state index >= 15 is 0 Å². The van der Waals surface area contributed by atoms with Crippen LogP contribution in [0, 0.1) is 10.1 Å². The van der Waals surface area contributed by atoms with Gasteiger partial charge in [-0.1, -0.05) is 35.7 Å². The lowest BCUT2D eigenvalue weighted by Gasteiger charge is -2.35. The molecule has 1 saturated heterocycles. The highest BCUT2D eigenvalue weighted by molar-refractivity contribution is 6.35. The molecule has 0 N–H and O–H groups in total. The minimum atomic E-state index is -0.901. The molecule has 0 aliphatic carbocycles. The second-order valence-corrected chi connectivity index (χ2v) is 7.48. The zero-order valence-electron chi connectivity index (χ0n) is 15.1. The molecule has 0 aromatic heterocycles. The lowest BCUT2D eigenvalue weighted by Crippen LogP contribution is -2.35. The van der Waals surface area contributed by atoms with Gasteiger partial charge in [0.25, 0.3) is 5.70 Å². The van der Waals surface area contributed by atoms with Gasteiger partial charge in [-0.25, -0.2) is 4.79 Å². The van der Waals surface area contributed by atoms with Crippen molar-refractivity contribution in [3.63, 3.8) is 0 Å². The van der Waals surface area contributed by atoms with Gasteiger partial charge in [0.05, 0.1) is 23.3 Å². The standard InChI is InChI=1S/C19H20Cl2N2O4/c1-11-16(19(24)27-2)17(13-8-7-12(20)10-14(13)21)18(23(25)26)15-6-4-3-5-9-22(11)15/h7-8,10,17H,3-6,9H2,1-2H3. The Balaban J connectivity index is 2.31. The van der Waals surface area contributed by atoms with Crippen molar-refractivity contribution in [3.8, 4) is 0 Å². The summed E-state index contributed by atoms with van der Waals surface area (Å²) in [6.07, 6.45) is 3.35. The van der Waals surface area contributed by atoms with E-state index < -0.39 is 16.8 Å². The van der Waals surface area contributed by atoms with Crippen LogP contribution in [0.25, 0.3) is 0 Å². The molecule has 1 fully saturated rings. The Morgan fingerprint density at radius 3 is 2.67 bits per heavy atom. The topological polar surface area (TPSA) is 72.7 Å². The maximum atomic E-state index is 12.6. The molecular formula is C19H20Cl2N2O4. The zero-order valence-corrected chi connectivity index (χ0v) is 16.6. The van der Waals surface area contributed by atoms with Crippen molar-refractivity contribution in [1.82, 2.24) is 4.90 Å². The average molecular weight is 411 g/mol. The van der Waals surface area contributed by atoms with Gasteiger partial charge in [0, 0.05) is 22.3 Å². The second-order valence-electron chi connectivity index (χ2n) is 6.64. The van der Waals surface area contributed by atoms with Crippen molar-refractivity contribution in [2.75, 3.05) is 13.7 Å². The Morgan fingerprint density at radius 2 is 2.04 bits per heavy atom. The van der Waals surface area contributed by atoms with E-state index in [4.69, 9.17) is 27.9 Å². The molecule has 1 aromatic carbocycles. The highest BCUT2D eigenvalue weighted by Gasteiger charge is 2.45. The highest BCUT2D eigenvalue weighted by atomic mass is 35.5. The third kappa shape index (κ3) is 3.56. The van der Waals surface area contributed by atoms with Gasteiger partial charge >= 0.3 is 5.97 Å². The number of hydrogen-bond acceptors (Lipinski definition) is 5. The monoisotopic (exact) mass is 410 g/mol. The van der Waals surface area contributed by atoms with Gasteiger partial charge in [0.15, 0.2) is 0 Å². The van der Waals surface area contributed by atoms with Crippen LogP contribution in [-0.4, -0.2) is 29.4 Å². The summed E-state index contributed by atoms with van der Waals surface area (Å²) in [6, 6.07) is 4.79. The molecule has 1 aromatic rings. The first-order valence-electron chi connectivity index (χ1n) is 8.75. The Labute approximate surface area is 167 Å². The van der Waals surface area contributed by atoms with Gasteiger partial charge in [-0.3, -0.25) is 10.1 Å². The van der Waals surface area contributed by atoms with Gasteiger partial charge in [-0.15, -0.1) is 0 Å². The molecule has 2 heterocycles. The van der Waals surface area contributed by atoms with Crippen LogP contribution in [0.1, 0.15) is 44.1 Å². The summed E-state index contributed by atoms with van der Waals surface area (Å²) in [5.41, 5.74) is 2.05. The van der Waals surface area contributed by atoms with E-state index in [0.29, 0.717) is 34.9 Å². The normalized spacial score (nSPS) is 20.3. The molecule has 2 aliphatic rings. The Hall–Kier alpha value is -2.05. The summed E-state index contributed by atoms with van der Waals surface area (Å²) < 4.78 is 4.98. The number of carbonyl (C=O) groups is 1. The summed E-state index contributed by atoms with van der Waals surface area (Å²) in [5.74, 6) is -1.49. The maximum Gasteiger partial charge on any atom is 0.336 e. The van der Waals surface area contributed by atoms with E-state index in [2.05, 4.69) is 0 Å². The van der Waals surface area contributed by atoms with Crippen molar-refractivity contribution in [3.05, 3.63) is 66.6 Å². The van der Waals surface area contributed by atoms with E-state index in [9.17, 15) is 14.9 Å². The number of nitrogens with zero attached hydrogens (tertiary/aromatic N) is 2. The van der Waals surface area contributed by atoms with Crippen molar-refractivity contribution in [1.29, 1.82) is 0 Å². The minimum absolute atomic E-state index is 0.00729. The molecule has 6 nitrogen and oxygen atoms in total. The second kappa shape index (κ2) is 7.90. The van der Waals surface area contributed by atoms with Gasteiger partial charge in [-0.05, 0) is 43.9 Å². The number of nitro groups is 1. The van der Waals surface area contributed by atoms with Crippen LogP contribution in [0.2, 0.25) is 10.0 Å². The predicted octanol–water partition coefficient (Wildman–Crippen LogP) is 4.90. The fraction of sp³-hybridized carbons (Fsp3) is 0.421. The van der Waals surface area contributed by atoms with Crippen molar-refractivity contribution in [2.24, 2.45) is 0 Å². The average Bonchev–Trinajstić information content (AvgIpc) is 2.87. The van der Waals surface area contributed by atoms with E-state index in [1.54, 1.807) is 12.1 Å². The van der Waals surface area contributed by atoms with Gasteiger partial charge < -0.3 is 9.64 Å². The molecule has 2 aliphatic heterocycles. The van der Waals surface area contributed by atoms with Crippen LogP contribution in [0.4, 0.5) is 0 Å². The SMILES string of the molecule is COC(=O)C1=C(C)N2CCCCCC2=C([N+](=O)[O-])C1c1ccc(Cl)cc1Cl. The van der Waals surface area contributed by atoms with Crippen LogP contribution in [0.15, 0.2) is 40.9 Å². The first-order chi connectivity index (χ1) is 12.9. The summed E-state index contributed by atoms with van der Waals surface area (Å²) in [5, 5.41) is 12.8. The number of ether oxygens (including phenoxy) is 1. The molecule has 0 bridgehead atoms. The zero-order chi connectivity index (χ0) is 19.7. The number of carbonyl (C=O) groups excluding carboxylic acids is 1. The van der Waals surface area contributed by atoms with E-state index in [0.717, 1.165) is 19.3 Å². The summed E-state index contributed by atoms with van der Waals surface area (Å²) in [6.45, 7) is 2.45. The van der Waals surface area contributed by atoms with Crippen LogP contribution in [0.5, 0.6) is 0 Å². The van der Waals surface area contributed by atoms with Gasteiger partial charge in [0.1, 0.15) is 5.92 Å². The molecule has 3 rings (SSSR count). The number of benzene rings is 1. The number of rotatable bonds is 3. The molecule has 144 valence electrons. The summed E-state index contributed by atoms with van der Waals surface area (Å²) in [7, 11) is 1.27. The first-order valence-corrected chi connectivity index (χ1v) is 9.51. The third-order valence-electron chi connectivity index (χ3n) is 5.15. The maximum absolute atomic E-state index is 12.6. The van der Waals surface area contributed by atoms with Crippen molar-refractivity contribution in [2.45, 2.75) is 38.5 Å². The Morgan fingerprint density at radius 1 is 1.30 bits per heavy atom. The molecule has 0 spiro atoms. The van der Waals surface area contributed by atoms with Crippen LogP contribution in [0.3, 0.4) is 0 Å². The number of allylic oxidation sites excluding steroid dienone is 3. The van der Waals surface area contributed by atoms with Crippen LogP contribution >= 0.6 is 23.2 Å². The van der Waals surface area contributed by atoms with E-state index in [-0.39, 0.29) is 16.3 Å². The molecule has 27 heavy (non-hydrogen) atoms. The lowest BCUT2D eigenvalue weighted by molar-refractivity contribution is -0.432. The molecule has 8 heteroatoms. The van der Waals surface area contributed by atoms with E-state index in [1.807, 2.05) is 11.8 Å². The first kappa shape index (κ1) is 19.7. The van der Waals surface area contributed by atoms with Crippen molar-refractivity contribution >= 4 is 29.2 Å². The van der Waals surface area contributed by atoms with Gasteiger partial charge in [0.2, 0.25) is 0 Å². The third-order valence-corrected chi connectivity index (χ3v) is 5.71. The van der Waals surface area contributed by atoms with E-state index in [1.165, 1.54) is 13.2 Å². The number of fused-ring (bicyclic) bond motifs is 1. The smallest absolute Gasteiger partial charge is 0.336 e. The molecular weight excluding hydrogens is 391 g/mol. The summed E-state index contributed by atoms with van der Waals surface area (Å²) in [4.78, 5) is 26.3. The fourth-order valence-electron chi connectivity index (χ4n) is 3.93. The molecule has 0 saturated carbocycles. The largest absolute Gasteiger partial charge is 0.466 e. The van der Waals surface area contributed by atoms with Gasteiger partial charge in [-0.2, -0.15) is 0 Å². The number of esters is 1. The van der Waals surface area contributed by atoms with Crippen molar-refractivity contribution < 1.29 is 14.5 Å². The van der Waals surface area contributed by atoms with Crippen LogP contribution in [-0.2, 0) is 9.53 Å². The molecule has 0 amide bonds. The number of halogens is 2. The Bertz CT molecular complexity index is 863. The lowest BCUT2D eigenvalue weighted by atomic mass is 9.82. The number of methoxy groups -OCH3 is 1. The fourth-order valence-corrected chi connectivity index (χ4v) is 4.45. The number of hydrogen-bond donors (Lipinski definition) is 0. The molecule has 1 unspecified atom stereocenters. The predicted molar refractivity (Wildman–Crippen MR) is 103 cm³/mol. The van der Waals surface area contributed by atoms with Crippen LogP contribution < -0.4 is 0 Å². The summed E-state index contributed by atoms with van der Waals surface area (Å²) >= 11 is 12.4. The molecule has 1 atom stereocenters. The quantitative estimate of drug-likeness (QED) is 0.402. The Kier molecular flexibility index (Phi) is 5.77. The molecule has 0 radical (unpaired) electrons. The highest BCUT2D eigenvalue weighted by Crippen LogP contribution is 2.46. The minimum Gasteiger partial charge on any atom is -0.466 e.